The van der Waals surface area contributed by atoms with Crippen LogP contribution in [0, 0.1) is 13.8 Å². The van der Waals surface area contributed by atoms with E-state index in [0.717, 1.165) is 37.7 Å². The molecule has 0 aliphatic carbocycles. The molecule has 4 aromatic rings. The zero-order valence-corrected chi connectivity index (χ0v) is 25.8. The number of rotatable bonds is 13. The number of carbonyl (C=O) groups is 1. The maximum Gasteiger partial charge on any atom is 0.299 e. The van der Waals surface area contributed by atoms with Crippen LogP contribution in [0.5, 0.6) is 0 Å². The zero-order chi connectivity index (χ0) is 28.6. The van der Waals surface area contributed by atoms with E-state index in [-0.39, 0.29) is 5.91 Å². The van der Waals surface area contributed by atoms with Gasteiger partial charge in [-0.25, -0.2) is 4.98 Å². The first-order valence-electron chi connectivity index (χ1n) is 14.4. The lowest BCUT2D eigenvalue weighted by atomic mass is 9.92. The van der Waals surface area contributed by atoms with Gasteiger partial charge in [0.15, 0.2) is 5.58 Å². The summed E-state index contributed by atoms with van der Waals surface area (Å²) in [6.45, 7) is 13.8. The van der Waals surface area contributed by atoms with Gasteiger partial charge in [0.1, 0.15) is 9.52 Å². The second-order valence-corrected chi connectivity index (χ2v) is 12.4. The Morgan fingerprint density at radius 3 is 2.40 bits per heavy atom. The molecule has 2 aromatic heterocycles. The molecule has 0 bridgehead atoms. The summed E-state index contributed by atoms with van der Waals surface area (Å²) in [5.74, 6) is 0.797. The molecule has 0 saturated carbocycles. The number of carbonyl (C=O) groups excluding carboxylic acids is 1. The lowest BCUT2D eigenvalue weighted by molar-refractivity contribution is -0.116. The molecule has 0 atom stereocenters. The van der Waals surface area contributed by atoms with Crippen molar-refractivity contribution in [1.29, 1.82) is 0 Å². The molecule has 0 unspecified atom stereocenters. The van der Waals surface area contributed by atoms with Gasteiger partial charge >= 0.3 is 0 Å². The average molecular weight is 555 g/mol. The van der Waals surface area contributed by atoms with Gasteiger partial charge in [0, 0.05) is 31.0 Å². The molecule has 0 fully saturated rings. The minimum atomic E-state index is 0.0909. The van der Waals surface area contributed by atoms with Gasteiger partial charge in [-0.2, -0.15) is 4.98 Å². The lowest BCUT2D eigenvalue weighted by Gasteiger charge is -2.21. The third-order valence-corrected chi connectivity index (χ3v) is 8.72. The quantitative estimate of drug-likeness (QED) is 0.141. The van der Waals surface area contributed by atoms with E-state index in [2.05, 4.69) is 98.1 Å². The van der Waals surface area contributed by atoms with Crippen molar-refractivity contribution in [2.45, 2.75) is 79.1 Å². The number of hydrogen-bond acceptors (Lipinski definition) is 5. The Morgan fingerprint density at radius 1 is 0.975 bits per heavy atom. The van der Waals surface area contributed by atoms with Crippen LogP contribution in [0.1, 0.15) is 87.5 Å². The highest BCUT2D eigenvalue weighted by molar-refractivity contribution is 6.54. The number of para-hydroxylation sites is 1. The lowest BCUT2D eigenvalue weighted by Crippen LogP contribution is -2.35. The number of amides is 1. The number of nitrogens with zero attached hydrogens (tertiary/aromatic N) is 3. The summed E-state index contributed by atoms with van der Waals surface area (Å²) >= 11 is 0. The first-order chi connectivity index (χ1) is 19.2. The fraction of sp³-hybridized carbons (Fsp3) is 0.424. The van der Waals surface area contributed by atoms with Gasteiger partial charge in [-0.15, -0.1) is 0 Å². The molecule has 0 saturated heterocycles. The number of anilines is 2. The first kappa shape index (κ1) is 29.5. The van der Waals surface area contributed by atoms with Crippen molar-refractivity contribution in [2.24, 2.45) is 0 Å². The summed E-state index contributed by atoms with van der Waals surface area (Å²) in [6.07, 6.45) is 5.84. The van der Waals surface area contributed by atoms with Crippen LogP contribution >= 0.6 is 0 Å². The number of aryl methyl sites for hydroxylation is 2. The number of pyridine rings is 1. The predicted octanol–water partition coefficient (Wildman–Crippen LogP) is 7.08. The first-order valence-corrected chi connectivity index (χ1v) is 15.6. The molecule has 6 nitrogen and oxygen atoms in total. The Bertz CT molecular complexity index is 1370. The van der Waals surface area contributed by atoms with Crippen molar-refractivity contribution in [2.75, 3.05) is 22.9 Å². The van der Waals surface area contributed by atoms with E-state index < -0.39 is 0 Å². The van der Waals surface area contributed by atoms with Crippen LogP contribution < -0.4 is 15.4 Å². The summed E-state index contributed by atoms with van der Waals surface area (Å²) in [6, 6.07) is 17.4. The highest BCUT2D eigenvalue weighted by Gasteiger charge is 2.17. The molecule has 1 amide bonds. The van der Waals surface area contributed by atoms with Crippen LogP contribution in [-0.2, 0) is 4.79 Å². The molecule has 0 aliphatic rings. The standard InChI is InChI=1S/C33H42N4O2Si/c1-22(2)26-12-10-13-27(23(3)4)31(26)35-30(38)15-8-7-9-19-37(21-40-29-17-16-24(5)20-25(29)6)33-36-32-28(39-33)14-11-18-34-32/h10-14,16-18,20,22-23H,7-9,15,19,21H2,1-6H3,(H,35,38). The monoisotopic (exact) mass is 554 g/mol. The summed E-state index contributed by atoms with van der Waals surface area (Å²) in [5.41, 5.74) is 7.35. The molecule has 7 heteroatoms. The zero-order valence-electron chi connectivity index (χ0n) is 24.8. The molecule has 2 aromatic carbocycles. The summed E-state index contributed by atoms with van der Waals surface area (Å²) in [4.78, 5) is 24.2. The number of hydrogen-bond donors (Lipinski definition) is 1. The molecule has 2 radical (unpaired) electrons. The Labute approximate surface area is 241 Å². The largest absolute Gasteiger partial charge is 0.422 e. The van der Waals surface area contributed by atoms with Crippen LogP contribution in [0.15, 0.2) is 59.1 Å². The summed E-state index contributed by atoms with van der Waals surface area (Å²) in [7, 11) is 0.619. The molecule has 2 heterocycles. The van der Waals surface area contributed by atoms with E-state index in [1.807, 2.05) is 12.1 Å². The molecule has 4 rings (SSSR count). The third kappa shape index (κ3) is 7.60. The molecular weight excluding hydrogens is 512 g/mol. The van der Waals surface area contributed by atoms with Crippen LogP contribution in [-0.4, -0.2) is 38.1 Å². The normalized spacial score (nSPS) is 11.5. The molecule has 1 N–H and O–H groups in total. The SMILES string of the molecule is Cc1ccc([Si]CN(CCCCCC(=O)Nc2c(C(C)C)cccc2C(C)C)c2nc3ncccc3o2)c(C)c1. The van der Waals surface area contributed by atoms with Crippen LogP contribution in [0.4, 0.5) is 11.7 Å². The molecular formula is C33H42N4O2Si. The van der Waals surface area contributed by atoms with Crippen LogP contribution in [0.3, 0.4) is 0 Å². The van der Waals surface area contributed by atoms with E-state index in [1.54, 1.807) is 6.20 Å². The van der Waals surface area contributed by atoms with Crippen LogP contribution in [0.25, 0.3) is 11.2 Å². The van der Waals surface area contributed by atoms with Gasteiger partial charge in [0.05, 0.1) is 0 Å². The van der Waals surface area contributed by atoms with Gasteiger partial charge in [-0.05, 0) is 61.8 Å². The Balaban J connectivity index is 1.35. The van der Waals surface area contributed by atoms with Crippen molar-refractivity contribution in [1.82, 2.24) is 9.97 Å². The van der Waals surface area contributed by atoms with E-state index in [4.69, 9.17) is 4.42 Å². The smallest absolute Gasteiger partial charge is 0.299 e. The number of aromatic nitrogens is 2. The summed E-state index contributed by atoms with van der Waals surface area (Å²) in [5, 5.41) is 4.61. The van der Waals surface area contributed by atoms with Crippen molar-refractivity contribution in [3.05, 3.63) is 77.0 Å². The van der Waals surface area contributed by atoms with E-state index in [9.17, 15) is 4.79 Å². The van der Waals surface area contributed by atoms with Crippen LogP contribution in [0.2, 0.25) is 0 Å². The highest BCUT2D eigenvalue weighted by atomic mass is 28.2. The van der Waals surface area contributed by atoms with Gasteiger partial charge in [0.2, 0.25) is 11.6 Å². The Hall–Kier alpha value is -3.45. The fourth-order valence-corrected chi connectivity index (χ4v) is 6.20. The van der Waals surface area contributed by atoms with Gasteiger partial charge in [0.25, 0.3) is 6.01 Å². The number of fused-ring (bicyclic) bond motifs is 1. The number of unbranched alkanes of at least 4 members (excludes halogenated alkanes) is 2. The van der Waals surface area contributed by atoms with Crippen molar-refractivity contribution in [3.63, 3.8) is 0 Å². The predicted molar refractivity (Wildman–Crippen MR) is 167 cm³/mol. The third-order valence-electron chi connectivity index (χ3n) is 7.24. The molecule has 210 valence electrons. The number of oxazole rings is 1. The molecule has 0 spiro atoms. The summed E-state index contributed by atoms with van der Waals surface area (Å²) < 4.78 is 6.08. The van der Waals surface area contributed by atoms with Gasteiger partial charge in [-0.3, -0.25) is 4.79 Å². The van der Waals surface area contributed by atoms with E-state index >= 15 is 0 Å². The minimum absolute atomic E-state index is 0.0909. The van der Waals surface area contributed by atoms with Crippen molar-refractivity contribution in [3.8, 4) is 0 Å². The molecule has 40 heavy (non-hydrogen) atoms. The Morgan fingerprint density at radius 2 is 1.73 bits per heavy atom. The van der Waals surface area contributed by atoms with E-state index in [0.29, 0.717) is 45.0 Å². The van der Waals surface area contributed by atoms with Crippen molar-refractivity contribution >= 4 is 43.5 Å². The number of nitrogens with one attached hydrogen (secondary N) is 1. The van der Waals surface area contributed by atoms with E-state index in [1.165, 1.54) is 27.4 Å². The maximum atomic E-state index is 12.9. The van der Waals surface area contributed by atoms with Gasteiger partial charge in [-0.1, -0.05) is 86.8 Å². The fourth-order valence-electron chi connectivity index (χ4n) is 4.99. The maximum absolute atomic E-state index is 12.9. The van der Waals surface area contributed by atoms with Gasteiger partial charge < -0.3 is 14.6 Å². The Kier molecular flexibility index (Phi) is 10.2. The second kappa shape index (κ2) is 13.7. The second-order valence-electron chi connectivity index (χ2n) is 11.2. The number of benzene rings is 2. The highest BCUT2D eigenvalue weighted by Crippen LogP contribution is 2.32. The average Bonchev–Trinajstić information content (AvgIpc) is 3.35. The topological polar surface area (TPSA) is 71.3 Å². The van der Waals surface area contributed by atoms with Crippen molar-refractivity contribution < 1.29 is 9.21 Å². The minimum Gasteiger partial charge on any atom is -0.422 e. The molecule has 0 aliphatic heterocycles.